The molecule has 2 rings (SSSR count). The number of sulfonamides is 1. The Balaban J connectivity index is 2.40. The van der Waals surface area contributed by atoms with Gasteiger partial charge in [-0.2, -0.15) is 0 Å². The summed E-state index contributed by atoms with van der Waals surface area (Å²) in [6, 6.07) is 3.55. The third-order valence-corrected chi connectivity index (χ3v) is 5.18. The highest BCUT2D eigenvalue weighted by Gasteiger charge is 2.28. The van der Waals surface area contributed by atoms with Gasteiger partial charge in [0.15, 0.2) is 6.23 Å². The normalized spacial score (nSPS) is 12.3. The van der Waals surface area contributed by atoms with Crippen molar-refractivity contribution in [1.29, 1.82) is 0 Å². The average molecular weight is 427 g/mol. The summed E-state index contributed by atoms with van der Waals surface area (Å²) >= 11 is 0. The zero-order valence-electron chi connectivity index (χ0n) is 16.0. The minimum atomic E-state index is -4.52. The maximum Gasteiger partial charge on any atom is 0.360 e. The predicted molar refractivity (Wildman–Crippen MR) is 100.0 cm³/mol. The van der Waals surface area contributed by atoms with E-state index in [-0.39, 0.29) is 18.1 Å². The van der Waals surface area contributed by atoms with Gasteiger partial charge in [0.25, 0.3) is 10.0 Å². The second-order valence-corrected chi connectivity index (χ2v) is 7.33. The van der Waals surface area contributed by atoms with Gasteiger partial charge in [-0.3, -0.25) is 5.73 Å². The van der Waals surface area contributed by atoms with Crippen LogP contribution >= 0.6 is 0 Å². The summed E-state index contributed by atoms with van der Waals surface area (Å²) in [7, 11) is -3.44. The van der Waals surface area contributed by atoms with Crippen molar-refractivity contribution in [3.63, 3.8) is 0 Å². The van der Waals surface area contributed by atoms with Gasteiger partial charge < -0.3 is 9.47 Å². The van der Waals surface area contributed by atoms with Gasteiger partial charge in [-0.25, -0.2) is 32.1 Å². The van der Waals surface area contributed by atoms with E-state index < -0.39 is 38.8 Å². The summed E-state index contributed by atoms with van der Waals surface area (Å²) in [4.78, 5) is 36.1. The molecule has 1 aromatic carbocycles. The number of carbonyl (C=O) groups is 2. The molecule has 1 heterocycles. The summed E-state index contributed by atoms with van der Waals surface area (Å²) < 4.78 is 38.1. The summed E-state index contributed by atoms with van der Waals surface area (Å²) in [5.74, 6) is -0.907. The van der Waals surface area contributed by atoms with E-state index in [1.54, 1.807) is 18.6 Å². The highest BCUT2D eigenvalue weighted by molar-refractivity contribution is 7.90. The largest absolute Gasteiger partial charge is 0.465 e. The summed E-state index contributed by atoms with van der Waals surface area (Å²) in [6.45, 7) is 3.46. The fourth-order valence-corrected chi connectivity index (χ4v) is 3.40. The molecule has 0 bridgehead atoms. The zero-order chi connectivity index (χ0) is 21.8. The van der Waals surface area contributed by atoms with Crippen molar-refractivity contribution in [2.45, 2.75) is 37.9 Å². The van der Waals surface area contributed by atoms with Crippen LogP contribution in [0.2, 0.25) is 0 Å². The fourth-order valence-electron chi connectivity index (χ4n) is 2.28. The molecule has 29 heavy (non-hydrogen) atoms. The summed E-state index contributed by atoms with van der Waals surface area (Å²) in [5.41, 5.74) is 4.48. The number of hydrogen-bond donors (Lipinski definition) is 2. The SMILES string of the molecule is CCC(N)Oc1nn(C(=O)NS(=O)(=O)c2ccccc2C(=O)OC)c(=O)n1CC. The van der Waals surface area contributed by atoms with E-state index >= 15 is 0 Å². The molecule has 13 heteroatoms. The number of rotatable bonds is 7. The molecular formula is C16H21N5O7S. The van der Waals surface area contributed by atoms with Crippen molar-refractivity contribution < 1.29 is 27.5 Å². The number of methoxy groups -OCH3 is 1. The first-order valence-electron chi connectivity index (χ1n) is 8.52. The van der Waals surface area contributed by atoms with E-state index in [0.29, 0.717) is 11.1 Å². The lowest BCUT2D eigenvalue weighted by Gasteiger charge is -2.10. The number of ether oxygens (including phenoxy) is 2. The van der Waals surface area contributed by atoms with E-state index in [2.05, 4.69) is 9.84 Å². The third kappa shape index (κ3) is 4.63. The van der Waals surface area contributed by atoms with Crippen LogP contribution in [0.5, 0.6) is 6.01 Å². The smallest absolute Gasteiger partial charge is 0.360 e. The van der Waals surface area contributed by atoms with Crippen molar-refractivity contribution in [3.05, 3.63) is 40.3 Å². The van der Waals surface area contributed by atoms with Crippen molar-refractivity contribution in [2.24, 2.45) is 5.73 Å². The van der Waals surface area contributed by atoms with E-state index in [1.165, 1.54) is 18.2 Å². The first-order chi connectivity index (χ1) is 13.7. The van der Waals surface area contributed by atoms with Gasteiger partial charge in [-0.15, -0.1) is 9.78 Å². The number of hydrogen-bond acceptors (Lipinski definition) is 9. The molecule has 0 saturated carbocycles. The molecule has 1 aromatic heterocycles. The minimum Gasteiger partial charge on any atom is -0.465 e. The molecule has 0 aliphatic rings. The topological polar surface area (TPSA) is 165 Å². The maximum absolute atomic E-state index is 12.6. The van der Waals surface area contributed by atoms with E-state index in [0.717, 1.165) is 17.7 Å². The summed E-state index contributed by atoms with van der Waals surface area (Å²) in [5, 5.41) is 3.72. The number of aromatic nitrogens is 3. The molecule has 0 aliphatic heterocycles. The van der Waals surface area contributed by atoms with Crippen molar-refractivity contribution in [1.82, 2.24) is 19.1 Å². The van der Waals surface area contributed by atoms with Crippen LogP contribution in [0.15, 0.2) is 34.0 Å². The van der Waals surface area contributed by atoms with E-state index in [9.17, 15) is 22.8 Å². The van der Waals surface area contributed by atoms with Crippen LogP contribution in [0, 0.1) is 0 Å². The molecule has 3 N–H and O–H groups in total. The fraction of sp³-hybridized carbons (Fsp3) is 0.375. The molecule has 0 saturated heterocycles. The molecule has 1 atom stereocenters. The molecule has 0 fully saturated rings. The molecule has 158 valence electrons. The first kappa shape index (κ1) is 22.1. The number of nitrogens with two attached hydrogens (primary N) is 1. The Hall–Kier alpha value is -3.19. The Bertz CT molecular complexity index is 1070. The lowest BCUT2D eigenvalue weighted by Crippen LogP contribution is -2.41. The molecule has 1 unspecified atom stereocenters. The van der Waals surface area contributed by atoms with Crippen molar-refractivity contribution in [3.8, 4) is 6.01 Å². The number of nitrogens with one attached hydrogen (secondary N) is 1. The third-order valence-electron chi connectivity index (χ3n) is 3.80. The lowest BCUT2D eigenvalue weighted by molar-refractivity contribution is 0.0596. The van der Waals surface area contributed by atoms with Gasteiger partial charge in [-0.05, 0) is 25.5 Å². The predicted octanol–water partition coefficient (Wildman–Crippen LogP) is -0.128. The molecule has 0 spiro atoms. The number of carbonyl (C=O) groups excluding carboxylic acids is 2. The molecular weight excluding hydrogens is 406 g/mol. The highest BCUT2D eigenvalue weighted by Crippen LogP contribution is 2.16. The molecule has 12 nitrogen and oxygen atoms in total. The maximum atomic E-state index is 12.6. The van der Waals surface area contributed by atoms with Gasteiger partial charge in [0.1, 0.15) is 4.90 Å². The second-order valence-electron chi connectivity index (χ2n) is 5.68. The van der Waals surface area contributed by atoms with E-state index in [1.807, 2.05) is 0 Å². The van der Waals surface area contributed by atoms with Gasteiger partial charge in [0.05, 0.1) is 12.7 Å². The number of nitrogens with zero attached hydrogens (tertiary/aromatic N) is 3. The Morgan fingerprint density at radius 3 is 2.52 bits per heavy atom. The van der Waals surface area contributed by atoms with Crippen LogP contribution in [-0.4, -0.2) is 48.1 Å². The second kappa shape index (κ2) is 8.87. The lowest BCUT2D eigenvalue weighted by atomic mass is 10.2. The monoisotopic (exact) mass is 427 g/mol. The van der Waals surface area contributed by atoms with Crippen LogP contribution in [0.3, 0.4) is 0 Å². The Morgan fingerprint density at radius 1 is 1.28 bits per heavy atom. The number of amides is 1. The average Bonchev–Trinajstić information content (AvgIpc) is 3.01. The minimum absolute atomic E-state index is 0.107. The Labute approximate surface area is 166 Å². The zero-order valence-corrected chi connectivity index (χ0v) is 16.8. The van der Waals surface area contributed by atoms with Crippen molar-refractivity contribution in [2.75, 3.05) is 7.11 Å². The van der Waals surface area contributed by atoms with Crippen molar-refractivity contribution >= 4 is 22.0 Å². The molecule has 2 aromatic rings. The number of benzene rings is 1. The summed E-state index contributed by atoms with van der Waals surface area (Å²) in [6.07, 6.45) is -0.357. The molecule has 0 radical (unpaired) electrons. The first-order valence-corrected chi connectivity index (χ1v) is 10.0. The quantitative estimate of drug-likeness (QED) is 0.452. The van der Waals surface area contributed by atoms with Gasteiger partial charge >= 0.3 is 23.7 Å². The van der Waals surface area contributed by atoms with Crippen LogP contribution in [0.4, 0.5) is 4.79 Å². The molecule has 1 amide bonds. The standard InChI is InChI=1S/C16H21N5O7S/c1-4-12(17)28-15-18-21(16(24)20(15)5-2)14(23)19-29(25,26)11-9-7-6-8-10(11)13(22)27-3/h6-9,12H,4-5,17H2,1-3H3,(H,19,23). The van der Waals surface area contributed by atoms with Crippen LogP contribution < -0.4 is 20.9 Å². The van der Waals surface area contributed by atoms with Crippen LogP contribution in [0.25, 0.3) is 0 Å². The highest BCUT2D eigenvalue weighted by atomic mass is 32.2. The van der Waals surface area contributed by atoms with Gasteiger partial charge in [0, 0.05) is 6.54 Å². The Morgan fingerprint density at radius 2 is 1.93 bits per heavy atom. The van der Waals surface area contributed by atoms with E-state index in [4.69, 9.17) is 10.5 Å². The van der Waals surface area contributed by atoms with Gasteiger partial charge in [0.2, 0.25) is 0 Å². The van der Waals surface area contributed by atoms with Crippen LogP contribution in [0.1, 0.15) is 30.6 Å². The van der Waals surface area contributed by atoms with Gasteiger partial charge in [-0.1, -0.05) is 19.1 Å². The Kier molecular flexibility index (Phi) is 6.76. The van der Waals surface area contributed by atoms with Crippen LogP contribution in [-0.2, 0) is 21.3 Å². The number of esters is 1. The molecule has 0 aliphatic carbocycles.